The van der Waals surface area contributed by atoms with E-state index in [0.717, 1.165) is 6.20 Å². The highest BCUT2D eigenvalue weighted by atomic mass is 35.5. The van der Waals surface area contributed by atoms with Crippen LogP contribution in [0, 0.1) is 17.5 Å². The van der Waals surface area contributed by atoms with Crippen LogP contribution in [-0.2, 0) is 0 Å². The first-order chi connectivity index (χ1) is 8.95. The Morgan fingerprint density at radius 3 is 2.37 bits per heavy atom. The predicted octanol–water partition coefficient (Wildman–Crippen LogP) is 2.68. The summed E-state index contributed by atoms with van der Waals surface area (Å²) in [7, 11) is 1.18. The van der Waals surface area contributed by atoms with Crippen molar-refractivity contribution in [3.8, 4) is 11.6 Å². The normalized spacial score (nSPS) is 10.6. The number of methoxy groups -OCH3 is 1. The van der Waals surface area contributed by atoms with Crippen LogP contribution >= 0.6 is 11.6 Å². The number of carbonyl (C=O) groups excluding carboxylic acids is 1. The van der Waals surface area contributed by atoms with Crippen LogP contribution in [0.1, 0.15) is 10.4 Å². The molecule has 1 aromatic heterocycles. The Morgan fingerprint density at radius 2 is 1.89 bits per heavy atom. The summed E-state index contributed by atoms with van der Waals surface area (Å²) in [6, 6.07) is 0.976. The minimum atomic E-state index is -1.19. The van der Waals surface area contributed by atoms with E-state index in [1.165, 1.54) is 7.11 Å². The molecule has 0 saturated carbocycles. The minimum Gasteiger partial charge on any atom is -0.480 e. The van der Waals surface area contributed by atoms with Gasteiger partial charge < -0.3 is 4.74 Å². The van der Waals surface area contributed by atoms with Crippen molar-refractivity contribution < 1.29 is 22.7 Å². The molecule has 0 unspecified atom stereocenters. The van der Waals surface area contributed by atoms with E-state index in [0.29, 0.717) is 16.8 Å². The molecule has 0 aliphatic carbocycles. The molecule has 0 spiro atoms. The van der Waals surface area contributed by atoms with E-state index in [2.05, 4.69) is 5.10 Å². The fourth-order valence-electron chi connectivity index (χ4n) is 1.56. The lowest BCUT2D eigenvalue weighted by Crippen LogP contribution is -2.07. The number of hydrogen-bond acceptors (Lipinski definition) is 3. The molecule has 0 bridgehead atoms. The smallest absolute Gasteiger partial charge is 0.259 e. The maximum atomic E-state index is 13.6. The van der Waals surface area contributed by atoms with Crippen molar-refractivity contribution in [3.05, 3.63) is 41.3 Å². The number of halogens is 4. The first-order valence-electron chi connectivity index (χ1n) is 4.92. The van der Waals surface area contributed by atoms with Gasteiger partial charge in [0.1, 0.15) is 17.1 Å². The number of benzene rings is 1. The van der Waals surface area contributed by atoms with Crippen LogP contribution in [-0.4, -0.2) is 22.1 Å². The summed E-state index contributed by atoms with van der Waals surface area (Å²) < 4.78 is 45.6. The van der Waals surface area contributed by atoms with Gasteiger partial charge in [0, 0.05) is 12.1 Å². The Labute approximate surface area is 110 Å². The van der Waals surface area contributed by atoms with Gasteiger partial charge in [-0.1, -0.05) is 0 Å². The standard InChI is InChI=1S/C11H6ClF3N2O2/c1-19-11-6(10(12)18)4-16-17(11)9-7(14)2-5(13)3-8(9)15/h2-4H,1H3. The lowest BCUT2D eigenvalue weighted by Gasteiger charge is -2.09. The highest BCUT2D eigenvalue weighted by molar-refractivity contribution is 6.68. The van der Waals surface area contributed by atoms with Crippen LogP contribution in [0.5, 0.6) is 5.88 Å². The number of nitrogens with zero attached hydrogens (tertiary/aromatic N) is 2. The molecule has 0 radical (unpaired) electrons. The van der Waals surface area contributed by atoms with E-state index in [4.69, 9.17) is 16.3 Å². The molecule has 0 amide bonds. The SMILES string of the molecule is COc1c(C(=O)Cl)cnn1-c1c(F)cc(F)cc1F. The van der Waals surface area contributed by atoms with Crippen molar-refractivity contribution in [1.29, 1.82) is 0 Å². The quantitative estimate of drug-likeness (QED) is 0.816. The van der Waals surface area contributed by atoms with Crippen molar-refractivity contribution >= 4 is 16.8 Å². The molecule has 1 aromatic carbocycles. The van der Waals surface area contributed by atoms with Crippen LogP contribution in [0.25, 0.3) is 5.69 Å². The van der Waals surface area contributed by atoms with E-state index in [1.807, 2.05) is 0 Å². The average Bonchev–Trinajstić information content (AvgIpc) is 2.71. The molecule has 1 heterocycles. The molecule has 2 rings (SSSR count). The summed E-state index contributed by atoms with van der Waals surface area (Å²) in [5.41, 5.74) is -0.824. The second-order valence-corrected chi connectivity index (χ2v) is 3.81. The van der Waals surface area contributed by atoms with Crippen molar-refractivity contribution in [3.63, 3.8) is 0 Å². The molecule has 0 aliphatic rings. The minimum absolute atomic E-state index is 0.160. The summed E-state index contributed by atoms with van der Waals surface area (Å²) >= 11 is 5.27. The Hall–Kier alpha value is -2.02. The molecule has 0 atom stereocenters. The Bertz CT molecular complexity index is 634. The zero-order valence-electron chi connectivity index (χ0n) is 9.45. The third kappa shape index (κ3) is 2.28. The van der Waals surface area contributed by atoms with Crippen molar-refractivity contribution in [1.82, 2.24) is 9.78 Å². The first kappa shape index (κ1) is 13.4. The van der Waals surface area contributed by atoms with Crippen molar-refractivity contribution in [2.45, 2.75) is 0 Å². The van der Waals surface area contributed by atoms with Crippen molar-refractivity contribution in [2.75, 3.05) is 7.11 Å². The fraction of sp³-hybridized carbons (Fsp3) is 0.0909. The Morgan fingerprint density at radius 1 is 1.32 bits per heavy atom. The number of hydrogen-bond donors (Lipinski definition) is 0. The maximum Gasteiger partial charge on any atom is 0.259 e. The van der Waals surface area contributed by atoms with Gasteiger partial charge in [-0.25, -0.2) is 13.2 Å². The molecule has 0 N–H and O–H groups in total. The lowest BCUT2D eigenvalue weighted by molar-refractivity contribution is 0.107. The monoisotopic (exact) mass is 290 g/mol. The number of ether oxygens (including phenoxy) is 1. The van der Waals surface area contributed by atoms with Gasteiger partial charge in [0.25, 0.3) is 5.24 Å². The number of rotatable bonds is 3. The number of carbonyl (C=O) groups is 1. The molecule has 2 aromatic rings. The largest absolute Gasteiger partial charge is 0.480 e. The fourth-order valence-corrected chi connectivity index (χ4v) is 1.69. The Balaban J connectivity index is 2.69. The predicted molar refractivity (Wildman–Crippen MR) is 60.2 cm³/mol. The summed E-state index contributed by atoms with van der Waals surface area (Å²) in [5, 5.41) is 2.72. The van der Waals surface area contributed by atoms with Crippen LogP contribution in [0.3, 0.4) is 0 Å². The van der Waals surface area contributed by atoms with Crippen LogP contribution < -0.4 is 4.74 Å². The molecular weight excluding hydrogens is 285 g/mol. The van der Waals surface area contributed by atoms with Crippen LogP contribution in [0.4, 0.5) is 13.2 Å². The molecule has 8 heteroatoms. The molecule has 19 heavy (non-hydrogen) atoms. The van der Waals surface area contributed by atoms with Gasteiger partial charge in [-0.15, -0.1) is 0 Å². The average molecular weight is 291 g/mol. The van der Waals surface area contributed by atoms with E-state index in [9.17, 15) is 18.0 Å². The second-order valence-electron chi connectivity index (χ2n) is 3.47. The zero-order valence-corrected chi connectivity index (χ0v) is 10.2. The molecule has 100 valence electrons. The van der Waals surface area contributed by atoms with Gasteiger partial charge in [-0.05, 0) is 11.6 Å². The summed E-state index contributed by atoms with van der Waals surface area (Å²) in [5.74, 6) is -3.69. The molecule has 0 aliphatic heterocycles. The second kappa shape index (κ2) is 4.93. The lowest BCUT2D eigenvalue weighted by atomic mass is 10.2. The van der Waals surface area contributed by atoms with E-state index in [1.54, 1.807) is 0 Å². The highest BCUT2D eigenvalue weighted by Gasteiger charge is 2.22. The van der Waals surface area contributed by atoms with Gasteiger partial charge in [0.15, 0.2) is 11.6 Å². The molecule has 0 saturated heterocycles. The maximum absolute atomic E-state index is 13.6. The van der Waals surface area contributed by atoms with Gasteiger partial charge >= 0.3 is 0 Å². The van der Waals surface area contributed by atoms with Gasteiger partial charge in [0.2, 0.25) is 5.88 Å². The van der Waals surface area contributed by atoms with Gasteiger partial charge in [0.05, 0.1) is 13.3 Å². The molecule has 4 nitrogen and oxygen atoms in total. The summed E-state index contributed by atoms with van der Waals surface area (Å²) in [4.78, 5) is 11.1. The third-order valence-electron chi connectivity index (χ3n) is 2.32. The van der Waals surface area contributed by atoms with Crippen molar-refractivity contribution in [2.24, 2.45) is 0 Å². The summed E-state index contributed by atoms with van der Waals surface area (Å²) in [6.07, 6.45) is 0.996. The topological polar surface area (TPSA) is 44.1 Å². The van der Waals surface area contributed by atoms with Crippen LogP contribution in [0.15, 0.2) is 18.3 Å². The van der Waals surface area contributed by atoms with Gasteiger partial charge in [-0.2, -0.15) is 9.78 Å². The molecular formula is C11H6ClF3N2O2. The van der Waals surface area contributed by atoms with E-state index >= 15 is 0 Å². The van der Waals surface area contributed by atoms with Crippen LogP contribution in [0.2, 0.25) is 0 Å². The first-order valence-corrected chi connectivity index (χ1v) is 5.30. The highest BCUT2D eigenvalue weighted by Crippen LogP contribution is 2.27. The van der Waals surface area contributed by atoms with Gasteiger partial charge in [-0.3, -0.25) is 4.79 Å². The summed E-state index contributed by atoms with van der Waals surface area (Å²) in [6.45, 7) is 0. The molecule has 0 fully saturated rings. The van der Waals surface area contributed by atoms with E-state index < -0.39 is 28.4 Å². The van der Waals surface area contributed by atoms with E-state index in [-0.39, 0.29) is 11.4 Å². The third-order valence-corrected chi connectivity index (χ3v) is 2.53. The number of aromatic nitrogens is 2. The zero-order chi connectivity index (χ0) is 14.2. The Kier molecular flexibility index (Phi) is 3.48.